The van der Waals surface area contributed by atoms with Gasteiger partial charge >= 0.3 is 0 Å². The second-order valence-corrected chi connectivity index (χ2v) is 6.40. The summed E-state index contributed by atoms with van der Waals surface area (Å²) < 4.78 is 5.64. The first-order valence-corrected chi connectivity index (χ1v) is 9.31. The maximum atomic E-state index is 12.7. The second kappa shape index (κ2) is 10.4. The molecule has 2 aromatic rings. The lowest BCUT2D eigenvalue weighted by Gasteiger charge is -2.28. The van der Waals surface area contributed by atoms with Crippen LogP contribution >= 0.6 is 0 Å². The summed E-state index contributed by atoms with van der Waals surface area (Å²) in [6, 6.07) is 17.1. The van der Waals surface area contributed by atoms with Crippen LogP contribution in [0.3, 0.4) is 0 Å². The number of aryl methyl sites for hydroxylation is 1. The van der Waals surface area contributed by atoms with Gasteiger partial charge in [0.1, 0.15) is 11.8 Å². The molecule has 1 atom stereocenters. The molecule has 0 saturated carbocycles. The van der Waals surface area contributed by atoms with Gasteiger partial charge in [0.15, 0.2) is 6.61 Å². The number of ether oxygens (including phenoxy) is 1. The van der Waals surface area contributed by atoms with Crippen LogP contribution in [0.5, 0.6) is 5.75 Å². The maximum absolute atomic E-state index is 12.7. The average molecular weight is 368 g/mol. The highest BCUT2D eigenvalue weighted by Gasteiger charge is 2.25. The molecule has 0 spiro atoms. The van der Waals surface area contributed by atoms with Crippen LogP contribution in [-0.2, 0) is 22.4 Å². The van der Waals surface area contributed by atoms with E-state index >= 15 is 0 Å². The predicted molar refractivity (Wildman–Crippen MR) is 107 cm³/mol. The normalized spacial score (nSPS) is 11.5. The second-order valence-electron chi connectivity index (χ2n) is 6.40. The van der Waals surface area contributed by atoms with Gasteiger partial charge in [0, 0.05) is 13.6 Å². The van der Waals surface area contributed by atoms with Crippen LogP contribution in [0, 0.1) is 0 Å². The minimum atomic E-state index is -0.558. The van der Waals surface area contributed by atoms with Gasteiger partial charge < -0.3 is 15.0 Å². The summed E-state index contributed by atoms with van der Waals surface area (Å²) in [7, 11) is 1.57. The lowest BCUT2D eigenvalue weighted by atomic mass is 10.1. The summed E-state index contributed by atoms with van der Waals surface area (Å²) in [4.78, 5) is 26.4. The highest BCUT2D eigenvalue weighted by molar-refractivity contribution is 5.87. The quantitative estimate of drug-likeness (QED) is 0.740. The van der Waals surface area contributed by atoms with E-state index in [4.69, 9.17) is 4.74 Å². The Kier molecular flexibility index (Phi) is 7.86. The Morgan fingerprint density at radius 2 is 1.70 bits per heavy atom. The van der Waals surface area contributed by atoms with E-state index in [-0.39, 0.29) is 18.4 Å². The molecule has 0 bridgehead atoms. The standard InChI is InChI=1S/C22H28N2O3/c1-4-18-10-12-20(13-11-18)27-16-21(25)24(17(2)22(26)23-3)15-14-19-8-6-5-7-9-19/h5-13,17H,4,14-16H2,1-3H3,(H,23,26)/t17-/m0/s1. The topological polar surface area (TPSA) is 58.6 Å². The van der Waals surface area contributed by atoms with E-state index in [1.165, 1.54) is 5.56 Å². The van der Waals surface area contributed by atoms with Crippen LogP contribution < -0.4 is 10.1 Å². The van der Waals surface area contributed by atoms with Crippen molar-refractivity contribution in [2.45, 2.75) is 32.7 Å². The third-order valence-corrected chi connectivity index (χ3v) is 4.59. The third kappa shape index (κ3) is 6.13. The summed E-state index contributed by atoms with van der Waals surface area (Å²) in [5, 5.41) is 2.61. The van der Waals surface area contributed by atoms with Crippen molar-refractivity contribution in [3.63, 3.8) is 0 Å². The van der Waals surface area contributed by atoms with Gasteiger partial charge in [0.25, 0.3) is 5.91 Å². The van der Waals surface area contributed by atoms with Crippen LogP contribution in [0.1, 0.15) is 25.0 Å². The van der Waals surface area contributed by atoms with Crippen LogP contribution in [0.2, 0.25) is 0 Å². The Morgan fingerprint density at radius 3 is 2.30 bits per heavy atom. The molecular formula is C22H28N2O3. The number of carbonyl (C=O) groups excluding carboxylic acids is 2. The number of benzene rings is 2. The number of carbonyl (C=O) groups is 2. The fourth-order valence-electron chi connectivity index (χ4n) is 2.83. The van der Waals surface area contributed by atoms with E-state index in [0.717, 1.165) is 12.0 Å². The van der Waals surface area contributed by atoms with Crippen molar-refractivity contribution in [3.05, 3.63) is 65.7 Å². The largest absolute Gasteiger partial charge is 0.484 e. The van der Waals surface area contributed by atoms with Gasteiger partial charge in [0.2, 0.25) is 5.91 Å². The lowest BCUT2D eigenvalue weighted by molar-refractivity contribution is -0.141. The molecule has 0 aromatic heterocycles. The summed E-state index contributed by atoms with van der Waals surface area (Å²) in [5.41, 5.74) is 2.34. The van der Waals surface area contributed by atoms with E-state index in [0.29, 0.717) is 18.7 Å². The van der Waals surface area contributed by atoms with Gasteiger partial charge in [-0.3, -0.25) is 9.59 Å². The molecule has 2 amide bonds. The van der Waals surface area contributed by atoms with Crippen molar-refractivity contribution in [3.8, 4) is 5.75 Å². The summed E-state index contributed by atoms with van der Waals surface area (Å²) in [6.45, 7) is 4.18. The first kappa shape index (κ1) is 20.5. The highest BCUT2D eigenvalue weighted by atomic mass is 16.5. The van der Waals surface area contributed by atoms with Crippen molar-refractivity contribution >= 4 is 11.8 Å². The van der Waals surface area contributed by atoms with Crippen molar-refractivity contribution < 1.29 is 14.3 Å². The molecule has 144 valence electrons. The molecule has 0 fully saturated rings. The zero-order chi connectivity index (χ0) is 19.6. The van der Waals surface area contributed by atoms with Gasteiger partial charge in [-0.25, -0.2) is 0 Å². The highest BCUT2D eigenvalue weighted by Crippen LogP contribution is 2.13. The smallest absolute Gasteiger partial charge is 0.261 e. The first-order chi connectivity index (χ1) is 13.0. The minimum absolute atomic E-state index is 0.0956. The van der Waals surface area contributed by atoms with Gasteiger partial charge in [-0.05, 0) is 43.0 Å². The van der Waals surface area contributed by atoms with E-state index < -0.39 is 6.04 Å². The molecule has 2 aromatic carbocycles. The first-order valence-electron chi connectivity index (χ1n) is 9.31. The molecule has 5 heteroatoms. The lowest BCUT2D eigenvalue weighted by Crippen LogP contribution is -2.49. The molecule has 0 aliphatic carbocycles. The Labute approximate surface area is 161 Å². The zero-order valence-corrected chi connectivity index (χ0v) is 16.3. The van der Waals surface area contributed by atoms with Crippen LogP contribution in [0.15, 0.2) is 54.6 Å². The number of hydrogen-bond acceptors (Lipinski definition) is 3. The molecule has 0 heterocycles. The SMILES string of the molecule is CCc1ccc(OCC(=O)N(CCc2ccccc2)[C@@H](C)C(=O)NC)cc1. The van der Waals surface area contributed by atoms with Crippen LogP contribution in [-0.4, -0.2) is 43.0 Å². The molecule has 5 nitrogen and oxygen atoms in total. The average Bonchev–Trinajstić information content (AvgIpc) is 2.72. The van der Waals surface area contributed by atoms with Crippen LogP contribution in [0.4, 0.5) is 0 Å². The Hall–Kier alpha value is -2.82. The zero-order valence-electron chi connectivity index (χ0n) is 16.3. The number of nitrogens with zero attached hydrogens (tertiary/aromatic N) is 1. The number of hydrogen-bond donors (Lipinski definition) is 1. The Morgan fingerprint density at radius 1 is 1.04 bits per heavy atom. The van der Waals surface area contributed by atoms with Gasteiger partial charge in [-0.15, -0.1) is 0 Å². The molecule has 1 N–H and O–H groups in total. The molecular weight excluding hydrogens is 340 g/mol. The van der Waals surface area contributed by atoms with E-state index in [9.17, 15) is 9.59 Å². The van der Waals surface area contributed by atoms with Gasteiger partial charge in [-0.2, -0.15) is 0 Å². The Bertz CT molecular complexity index is 729. The Balaban J connectivity index is 2.01. The predicted octanol–water partition coefficient (Wildman–Crippen LogP) is 2.83. The molecule has 2 rings (SSSR count). The van der Waals surface area contributed by atoms with E-state index in [1.807, 2.05) is 54.6 Å². The van der Waals surface area contributed by atoms with E-state index in [1.54, 1.807) is 18.9 Å². The van der Waals surface area contributed by atoms with Crippen LogP contribution in [0.25, 0.3) is 0 Å². The number of likely N-dealkylation sites (N-methyl/N-ethyl adjacent to an activating group) is 1. The molecule has 0 aliphatic heterocycles. The van der Waals surface area contributed by atoms with Crippen molar-refractivity contribution in [2.24, 2.45) is 0 Å². The molecule has 0 saturated heterocycles. The number of rotatable bonds is 9. The van der Waals surface area contributed by atoms with Gasteiger partial charge in [-0.1, -0.05) is 49.4 Å². The van der Waals surface area contributed by atoms with Gasteiger partial charge in [0.05, 0.1) is 0 Å². The van der Waals surface area contributed by atoms with Crippen molar-refractivity contribution in [2.75, 3.05) is 20.2 Å². The number of nitrogens with one attached hydrogen (secondary N) is 1. The minimum Gasteiger partial charge on any atom is -0.484 e. The summed E-state index contributed by atoms with van der Waals surface area (Å²) in [6.07, 6.45) is 1.63. The third-order valence-electron chi connectivity index (χ3n) is 4.59. The number of amides is 2. The molecule has 0 radical (unpaired) electrons. The molecule has 0 unspecified atom stereocenters. The fourth-order valence-corrected chi connectivity index (χ4v) is 2.83. The summed E-state index contributed by atoms with van der Waals surface area (Å²) in [5.74, 6) is 0.251. The van der Waals surface area contributed by atoms with Crippen molar-refractivity contribution in [1.82, 2.24) is 10.2 Å². The maximum Gasteiger partial charge on any atom is 0.261 e. The molecule has 0 aliphatic rings. The van der Waals surface area contributed by atoms with Crippen molar-refractivity contribution in [1.29, 1.82) is 0 Å². The fraction of sp³-hybridized carbons (Fsp3) is 0.364. The molecule has 27 heavy (non-hydrogen) atoms. The monoisotopic (exact) mass is 368 g/mol. The van der Waals surface area contributed by atoms with E-state index in [2.05, 4.69) is 12.2 Å². The summed E-state index contributed by atoms with van der Waals surface area (Å²) >= 11 is 0.